The van der Waals surface area contributed by atoms with Crippen LogP contribution in [0, 0.1) is 10.1 Å². The maximum absolute atomic E-state index is 10.4. The van der Waals surface area contributed by atoms with Crippen molar-refractivity contribution in [3.05, 3.63) is 28.3 Å². The van der Waals surface area contributed by atoms with Gasteiger partial charge < -0.3 is 14.6 Å². The molecule has 0 aliphatic carbocycles. The van der Waals surface area contributed by atoms with Crippen molar-refractivity contribution in [2.24, 2.45) is 0 Å². The lowest BCUT2D eigenvalue weighted by Gasteiger charge is -2.05. The van der Waals surface area contributed by atoms with Crippen molar-refractivity contribution < 1.29 is 19.5 Å². The summed E-state index contributed by atoms with van der Waals surface area (Å²) in [6, 6.07) is 3.71. The van der Waals surface area contributed by atoms with Crippen LogP contribution in [0.25, 0.3) is 0 Å². The molecule has 1 atom stereocenters. The van der Waals surface area contributed by atoms with Crippen molar-refractivity contribution >= 4 is 5.69 Å². The molecule has 6 heteroatoms. The summed E-state index contributed by atoms with van der Waals surface area (Å²) in [7, 11) is 0. The van der Waals surface area contributed by atoms with Crippen molar-refractivity contribution in [3.8, 4) is 11.5 Å². The lowest BCUT2D eigenvalue weighted by molar-refractivity contribution is -0.385. The van der Waals surface area contributed by atoms with E-state index >= 15 is 0 Å². The van der Waals surface area contributed by atoms with Gasteiger partial charge in [0.1, 0.15) is 12.7 Å². The molecular formula is C9H9NO5. The van der Waals surface area contributed by atoms with Crippen LogP contribution < -0.4 is 4.74 Å². The number of nitrogens with zero attached hydrogens (tertiary/aromatic N) is 1. The summed E-state index contributed by atoms with van der Waals surface area (Å²) >= 11 is 0. The standard InChI is InChI=1S/C9H9NO5/c11-8-3-6(10(12)13)1-2-9(8)15-5-7-4-14-7/h1-3,7,11H,4-5H2/t7-/m0/s1. The van der Waals surface area contributed by atoms with Gasteiger partial charge in [-0.1, -0.05) is 0 Å². The third kappa shape index (κ3) is 2.35. The maximum atomic E-state index is 10.4. The molecule has 0 unspecified atom stereocenters. The van der Waals surface area contributed by atoms with Crippen molar-refractivity contribution in [2.45, 2.75) is 6.10 Å². The van der Waals surface area contributed by atoms with E-state index in [4.69, 9.17) is 9.47 Å². The average molecular weight is 211 g/mol. The summed E-state index contributed by atoms with van der Waals surface area (Å²) in [5, 5.41) is 19.8. The molecule has 1 heterocycles. The molecule has 0 spiro atoms. The largest absolute Gasteiger partial charge is 0.504 e. The zero-order valence-electron chi connectivity index (χ0n) is 7.75. The van der Waals surface area contributed by atoms with E-state index in [1.165, 1.54) is 12.1 Å². The summed E-state index contributed by atoms with van der Waals surface area (Å²) in [6.45, 7) is 1.01. The summed E-state index contributed by atoms with van der Waals surface area (Å²) in [6.07, 6.45) is 0.0830. The zero-order chi connectivity index (χ0) is 10.8. The quantitative estimate of drug-likeness (QED) is 0.457. The van der Waals surface area contributed by atoms with Gasteiger partial charge in [-0.25, -0.2) is 0 Å². The smallest absolute Gasteiger partial charge is 0.273 e. The summed E-state index contributed by atoms with van der Waals surface area (Å²) < 4.78 is 10.1. The van der Waals surface area contributed by atoms with E-state index in [9.17, 15) is 15.2 Å². The molecule has 1 fully saturated rings. The van der Waals surface area contributed by atoms with Gasteiger partial charge in [-0.3, -0.25) is 10.1 Å². The second-order valence-corrected chi connectivity index (χ2v) is 3.18. The van der Waals surface area contributed by atoms with Crippen molar-refractivity contribution in [3.63, 3.8) is 0 Å². The number of epoxide rings is 1. The Kier molecular flexibility index (Phi) is 2.42. The minimum atomic E-state index is -0.576. The van der Waals surface area contributed by atoms with E-state index in [1.807, 2.05) is 0 Å². The highest BCUT2D eigenvalue weighted by Gasteiger charge is 2.23. The van der Waals surface area contributed by atoms with Gasteiger partial charge in [0.05, 0.1) is 17.6 Å². The number of phenolic OH excluding ortho intramolecular Hbond substituents is 1. The number of rotatable bonds is 4. The highest BCUT2D eigenvalue weighted by atomic mass is 16.6. The minimum Gasteiger partial charge on any atom is -0.504 e. The number of benzene rings is 1. The lowest BCUT2D eigenvalue weighted by atomic mass is 10.3. The van der Waals surface area contributed by atoms with Crippen LogP contribution in [0.15, 0.2) is 18.2 Å². The van der Waals surface area contributed by atoms with Gasteiger partial charge in [-0.2, -0.15) is 0 Å². The summed E-state index contributed by atoms with van der Waals surface area (Å²) in [5.74, 6) is 0.000880. The second kappa shape index (κ2) is 3.74. The number of nitro benzene ring substituents is 1. The Morgan fingerprint density at radius 3 is 2.93 bits per heavy atom. The predicted octanol–water partition coefficient (Wildman–Crippen LogP) is 1.08. The second-order valence-electron chi connectivity index (χ2n) is 3.18. The molecule has 80 valence electrons. The summed E-state index contributed by atoms with van der Waals surface area (Å²) in [4.78, 5) is 9.80. The molecule has 1 aromatic rings. The Morgan fingerprint density at radius 2 is 2.40 bits per heavy atom. The fourth-order valence-electron chi connectivity index (χ4n) is 1.09. The first-order valence-electron chi connectivity index (χ1n) is 4.38. The van der Waals surface area contributed by atoms with Gasteiger partial charge in [-0.05, 0) is 6.07 Å². The molecule has 6 nitrogen and oxygen atoms in total. The Bertz CT molecular complexity index is 388. The first-order chi connectivity index (χ1) is 7.16. The molecule has 1 aliphatic rings. The maximum Gasteiger partial charge on any atom is 0.273 e. The third-order valence-electron chi connectivity index (χ3n) is 1.98. The number of ether oxygens (including phenoxy) is 2. The van der Waals surface area contributed by atoms with E-state index < -0.39 is 4.92 Å². The van der Waals surface area contributed by atoms with Crippen LogP contribution in [0.3, 0.4) is 0 Å². The molecule has 15 heavy (non-hydrogen) atoms. The average Bonchev–Trinajstić information content (AvgIpc) is 2.99. The minimum absolute atomic E-state index is 0.0830. The van der Waals surface area contributed by atoms with Crippen LogP contribution in [0.5, 0.6) is 11.5 Å². The van der Waals surface area contributed by atoms with Crippen LogP contribution in [0.1, 0.15) is 0 Å². The molecule has 0 radical (unpaired) electrons. The van der Waals surface area contributed by atoms with Gasteiger partial charge in [0.2, 0.25) is 0 Å². The van der Waals surface area contributed by atoms with Gasteiger partial charge in [0.25, 0.3) is 5.69 Å². The number of aromatic hydroxyl groups is 1. The number of non-ortho nitro benzene ring substituents is 1. The molecule has 0 amide bonds. The monoisotopic (exact) mass is 211 g/mol. The molecule has 0 saturated carbocycles. The molecule has 1 saturated heterocycles. The van der Waals surface area contributed by atoms with Crippen LogP contribution in [0.2, 0.25) is 0 Å². The number of hydrogen-bond acceptors (Lipinski definition) is 5. The molecule has 1 N–H and O–H groups in total. The molecule has 0 bridgehead atoms. The van der Waals surface area contributed by atoms with Crippen molar-refractivity contribution in [1.82, 2.24) is 0 Å². The molecule has 1 aromatic carbocycles. The number of nitro groups is 1. The fourth-order valence-corrected chi connectivity index (χ4v) is 1.09. The Labute approximate surface area is 85.2 Å². The topological polar surface area (TPSA) is 85.1 Å². The van der Waals surface area contributed by atoms with Crippen molar-refractivity contribution in [2.75, 3.05) is 13.2 Å². The van der Waals surface area contributed by atoms with Crippen molar-refractivity contribution in [1.29, 1.82) is 0 Å². The van der Waals surface area contributed by atoms with Gasteiger partial charge in [-0.15, -0.1) is 0 Å². The van der Waals surface area contributed by atoms with Gasteiger partial charge >= 0.3 is 0 Å². The van der Waals surface area contributed by atoms with Crippen LogP contribution >= 0.6 is 0 Å². The SMILES string of the molecule is O=[N+]([O-])c1ccc(OC[C@@H]2CO2)c(O)c1. The first kappa shape index (κ1) is 9.72. The van der Waals surface area contributed by atoms with Crippen LogP contribution in [-0.4, -0.2) is 29.3 Å². The molecule has 2 rings (SSSR count). The fraction of sp³-hybridized carbons (Fsp3) is 0.333. The van der Waals surface area contributed by atoms with E-state index in [1.54, 1.807) is 0 Å². The Morgan fingerprint density at radius 1 is 1.67 bits per heavy atom. The number of phenols is 1. The lowest BCUT2D eigenvalue weighted by Crippen LogP contribution is -2.04. The van der Waals surface area contributed by atoms with E-state index in [0.29, 0.717) is 13.2 Å². The molecular weight excluding hydrogens is 202 g/mol. The third-order valence-corrected chi connectivity index (χ3v) is 1.98. The molecule has 1 aliphatic heterocycles. The van der Waals surface area contributed by atoms with Crippen LogP contribution in [0.4, 0.5) is 5.69 Å². The van der Waals surface area contributed by atoms with E-state index in [0.717, 1.165) is 6.07 Å². The van der Waals surface area contributed by atoms with Gasteiger partial charge in [0.15, 0.2) is 11.5 Å². The normalized spacial score (nSPS) is 18.5. The zero-order valence-corrected chi connectivity index (χ0v) is 7.75. The first-order valence-corrected chi connectivity index (χ1v) is 4.38. The Balaban J connectivity index is 2.07. The van der Waals surface area contributed by atoms with E-state index in [-0.39, 0.29) is 23.3 Å². The highest BCUT2D eigenvalue weighted by molar-refractivity contribution is 5.47. The van der Waals surface area contributed by atoms with E-state index in [2.05, 4.69) is 0 Å². The number of hydrogen-bond donors (Lipinski definition) is 1. The predicted molar refractivity (Wildman–Crippen MR) is 50.0 cm³/mol. The molecule has 0 aromatic heterocycles. The Hall–Kier alpha value is -1.82. The van der Waals surface area contributed by atoms with Crippen LogP contribution in [-0.2, 0) is 4.74 Å². The van der Waals surface area contributed by atoms with Gasteiger partial charge in [0, 0.05) is 6.07 Å². The highest BCUT2D eigenvalue weighted by Crippen LogP contribution is 2.30. The summed E-state index contributed by atoms with van der Waals surface area (Å²) in [5.41, 5.74) is -0.164.